The maximum Gasteiger partial charge on any atom is 0.305 e. The number of ether oxygens (including phenoxy) is 3. The zero-order valence-corrected chi connectivity index (χ0v) is 30.6. The average molecular weight is 745 g/mol. The summed E-state index contributed by atoms with van der Waals surface area (Å²) in [7, 11) is -8.56. The lowest BCUT2D eigenvalue weighted by molar-refractivity contribution is -0.313. The number of hydrogen-bond donors (Lipinski definition) is 3. The Labute approximate surface area is 296 Å². The molecular weight excluding hydrogens is 693 g/mol. The molecule has 282 valence electrons. The van der Waals surface area contributed by atoms with Crippen LogP contribution in [0, 0.1) is 13.8 Å². The molecule has 1 heterocycles. The van der Waals surface area contributed by atoms with Gasteiger partial charge in [0.05, 0.1) is 23.0 Å². The van der Waals surface area contributed by atoms with Gasteiger partial charge in [-0.15, -0.1) is 0 Å². The van der Waals surface area contributed by atoms with Gasteiger partial charge in [0, 0.05) is 6.42 Å². The lowest BCUT2D eigenvalue weighted by Gasteiger charge is -2.41. The van der Waals surface area contributed by atoms with Gasteiger partial charge in [0.1, 0.15) is 37.1 Å². The highest BCUT2D eigenvalue weighted by Gasteiger charge is 2.46. The van der Waals surface area contributed by atoms with Crippen molar-refractivity contribution in [3.8, 4) is 0 Å². The molecule has 0 aliphatic carbocycles. The van der Waals surface area contributed by atoms with Crippen LogP contribution in [0.5, 0.6) is 0 Å². The molecule has 0 aromatic heterocycles. The molecule has 2 aromatic rings. The van der Waals surface area contributed by atoms with Gasteiger partial charge in [0.25, 0.3) is 20.2 Å². The molecule has 1 aliphatic heterocycles. The summed E-state index contributed by atoms with van der Waals surface area (Å²) in [5.74, 6) is -0.545. The first-order chi connectivity index (χ1) is 23.7. The number of aryl methyl sites for hydroxylation is 2. The van der Waals surface area contributed by atoms with Crippen LogP contribution in [0.1, 0.15) is 82.3 Å². The summed E-state index contributed by atoms with van der Waals surface area (Å²) in [5.41, 5.74) is 1.66. The second kappa shape index (κ2) is 20.5. The number of aliphatic hydroxyl groups is 3. The highest BCUT2D eigenvalue weighted by atomic mass is 32.2. The van der Waals surface area contributed by atoms with E-state index in [1.165, 1.54) is 49.9 Å². The first-order valence-electron chi connectivity index (χ1n) is 17.2. The van der Waals surface area contributed by atoms with Gasteiger partial charge < -0.3 is 29.5 Å². The fourth-order valence-corrected chi connectivity index (χ4v) is 7.04. The van der Waals surface area contributed by atoms with E-state index >= 15 is 0 Å². The van der Waals surface area contributed by atoms with Gasteiger partial charge in [-0.1, -0.05) is 93.7 Å². The third-order valence-corrected chi connectivity index (χ3v) is 10.9. The molecule has 13 nitrogen and oxygen atoms in total. The highest BCUT2D eigenvalue weighted by molar-refractivity contribution is 7.87. The van der Waals surface area contributed by atoms with Crippen LogP contribution in [0.3, 0.4) is 0 Å². The third kappa shape index (κ3) is 13.6. The lowest BCUT2D eigenvalue weighted by Crippen LogP contribution is -2.60. The fraction of sp³-hybridized carbons (Fsp3) is 0.629. The fourth-order valence-electron chi connectivity index (χ4n) is 5.19. The van der Waals surface area contributed by atoms with Crippen LogP contribution in [-0.4, -0.2) is 94.8 Å². The molecule has 1 fully saturated rings. The second-order valence-corrected chi connectivity index (χ2v) is 15.9. The van der Waals surface area contributed by atoms with Crippen molar-refractivity contribution in [3.05, 3.63) is 59.7 Å². The Morgan fingerprint density at radius 2 is 1.20 bits per heavy atom. The Balaban J connectivity index is 1.63. The van der Waals surface area contributed by atoms with Gasteiger partial charge in [-0.2, -0.15) is 16.8 Å². The summed E-state index contributed by atoms with van der Waals surface area (Å²) in [6.45, 7) is 3.83. The summed E-state index contributed by atoms with van der Waals surface area (Å²) < 4.78 is 78.3. The number of aliphatic hydroxyl groups excluding tert-OH is 3. The first-order valence-corrected chi connectivity index (χ1v) is 20.0. The van der Waals surface area contributed by atoms with Crippen molar-refractivity contribution in [1.82, 2.24) is 0 Å². The van der Waals surface area contributed by atoms with Gasteiger partial charge in [0.2, 0.25) is 0 Å². The zero-order chi connectivity index (χ0) is 36.7. The molecule has 1 saturated heterocycles. The Bertz CT molecular complexity index is 1510. The molecule has 0 spiro atoms. The Morgan fingerprint density at radius 1 is 0.700 bits per heavy atom. The number of rotatable bonds is 22. The van der Waals surface area contributed by atoms with Crippen molar-refractivity contribution in [1.29, 1.82) is 0 Å². The molecule has 0 radical (unpaired) electrons. The van der Waals surface area contributed by atoms with E-state index < -0.39 is 82.8 Å². The molecule has 0 saturated carbocycles. The minimum atomic E-state index is -4.28. The normalized spacial score (nSPS) is 21.9. The number of benzene rings is 2. The summed E-state index contributed by atoms with van der Waals surface area (Å²) >= 11 is 0. The minimum Gasteiger partial charge on any atom is -0.463 e. The predicted octanol–water partition coefficient (Wildman–Crippen LogP) is 4.07. The number of carbonyl (C=O) groups is 1. The summed E-state index contributed by atoms with van der Waals surface area (Å²) in [6.07, 6.45) is -0.338. The maximum absolute atomic E-state index is 12.9. The van der Waals surface area contributed by atoms with Crippen molar-refractivity contribution in [3.63, 3.8) is 0 Å². The van der Waals surface area contributed by atoms with Gasteiger partial charge >= 0.3 is 5.97 Å². The Hall–Kier alpha value is -2.47. The Kier molecular flexibility index (Phi) is 17.2. The van der Waals surface area contributed by atoms with Crippen LogP contribution >= 0.6 is 0 Å². The lowest BCUT2D eigenvalue weighted by atomic mass is 9.99. The molecule has 0 unspecified atom stereocenters. The van der Waals surface area contributed by atoms with Crippen LogP contribution < -0.4 is 0 Å². The third-order valence-electron chi connectivity index (χ3n) is 8.33. The van der Waals surface area contributed by atoms with Crippen molar-refractivity contribution in [2.75, 3.05) is 19.8 Å². The van der Waals surface area contributed by atoms with E-state index in [1.54, 1.807) is 38.1 Å². The van der Waals surface area contributed by atoms with Crippen molar-refractivity contribution < 1.29 is 59.5 Å². The van der Waals surface area contributed by atoms with Gasteiger partial charge in [-0.05, 0) is 44.5 Å². The van der Waals surface area contributed by atoms with Crippen LogP contribution in [0.25, 0.3) is 0 Å². The van der Waals surface area contributed by atoms with E-state index in [0.717, 1.165) is 36.8 Å². The molecule has 50 heavy (non-hydrogen) atoms. The minimum absolute atomic E-state index is 0.122. The molecule has 0 amide bonds. The van der Waals surface area contributed by atoms with Crippen LogP contribution in [0.15, 0.2) is 58.3 Å². The smallest absolute Gasteiger partial charge is 0.305 e. The van der Waals surface area contributed by atoms with Crippen LogP contribution in [0.4, 0.5) is 0 Å². The molecule has 0 bridgehead atoms. The van der Waals surface area contributed by atoms with E-state index in [1.807, 2.05) is 0 Å². The van der Waals surface area contributed by atoms with Gasteiger partial charge in [-0.3, -0.25) is 13.2 Å². The molecular formula is C35H52O13S2. The summed E-state index contributed by atoms with van der Waals surface area (Å²) in [5, 5.41) is 31.8. The van der Waals surface area contributed by atoms with E-state index in [2.05, 4.69) is 6.92 Å². The predicted molar refractivity (Wildman–Crippen MR) is 183 cm³/mol. The van der Waals surface area contributed by atoms with E-state index in [9.17, 15) is 36.9 Å². The van der Waals surface area contributed by atoms with Crippen LogP contribution in [-0.2, 0) is 47.6 Å². The van der Waals surface area contributed by atoms with Crippen LogP contribution in [0.2, 0.25) is 0 Å². The second-order valence-electron chi connectivity index (χ2n) is 12.6. The van der Waals surface area contributed by atoms with Gasteiger partial charge in [0.15, 0.2) is 6.29 Å². The number of esters is 1. The molecule has 6 atom stereocenters. The van der Waals surface area contributed by atoms with Crippen molar-refractivity contribution in [2.45, 2.75) is 132 Å². The molecule has 3 N–H and O–H groups in total. The average Bonchev–Trinajstić information content (AvgIpc) is 3.08. The molecule has 3 rings (SSSR count). The first kappa shape index (κ1) is 41.9. The standard InChI is InChI=1S/C35H52O13S2/c1-4-5-6-7-8-9-10-11-12-13-31(36)44-22-27(23-45-49(40,41)28-18-14-25(2)15-19-28)47-35-34(39)33(38)32(37)30(48-35)24-46-50(42,43)29-20-16-26(3)17-21-29/h14-21,27,30,32-35,37-39H,4-13,22-24H2,1-3H3/t27-,30-,32-,33+,34-,35-/m1/s1. The number of unbranched alkanes of at least 4 members (excludes halogenated alkanes) is 8. The quantitative estimate of drug-likeness (QED) is 0.0889. The van der Waals surface area contributed by atoms with Crippen molar-refractivity contribution >= 4 is 26.2 Å². The number of hydrogen-bond acceptors (Lipinski definition) is 13. The van der Waals surface area contributed by atoms with E-state index in [4.69, 9.17) is 22.6 Å². The summed E-state index contributed by atoms with van der Waals surface area (Å²) in [6, 6.07) is 11.8. The highest BCUT2D eigenvalue weighted by Crippen LogP contribution is 2.26. The molecule has 15 heteroatoms. The summed E-state index contributed by atoms with van der Waals surface area (Å²) in [4.78, 5) is 12.3. The largest absolute Gasteiger partial charge is 0.463 e. The monoisotopic (exact) mass is 744 g/mol. The maximum atomic E-state index is 12.9. The zero-order valence-electron chi connectivity index (χ0n) is 29.0. The number of carbonyl (C=O) groups excluding carboxylic acids is 1. The van der Waals surface area contributed by atoms with Crippen molar-refractivity contribution in [2.24, 2.45) is 0 Å². The van der Waals surface area contributed by atoms with E-state index in [0.29, 0.717) is 6.42 Å². The van der Waals surface area contributed by atoms with Gasteiger partial charge in [-0.25, -0.2) is 0 Å². The SMILES string of the molecule is CCCCCCCCCCCC(=O)OC[C@H](COS(=O)(=O)c1ccc(C)cc1)O[C@@H]1O[C@H](COS(=O)(=O)c2ccc(C)cc2)[C@@H](O)[C@H](O)[C@H]1O. The topological polar surface area (TPSA) is 192 Å². The molecule has 1 aliphatic rings. The van der Waals surface area contributed by atoms with E-state index in [-0.39, 0.29) is 16.2 Å². The Morgan fingerprint density at radius 3 is 1.74 bits per heavy atom. The molecule has 2 aromatic carbocycles.